The van der Waals surface area contributed by atoms with Crippen LogP contribution in [0.4, 0.5) is 5.00 Å². The Morgan fingerprint density at radius 1 is 1.32 bits per heavy atom. The lowest BCUT2D eigenvalue weighted by Gasteiger charge is -2.03. The molecule has 2 aromatic heterocycles. The van der Waals surface area contributed by atoms with Crippen LogP contribution in [-0.4, -0.2) is 25.7 Å². The van der Waals surface area contributed by atoms with Gasteiger partial charge in [0.15, 0.2) is 0 Å². The second kappa shape index (κ2) is 6.48. The molecule has 7 heteroatoms. The second-order valence-electron chi connectivity index (χ2n) is 4.76. The first-order valence-corrected chi connectivity index (χ1v) is 7.69. The summed E-state index contributed by atoms with van der Waals surface area (Å²) in [4.78, 5) is 20.4. The number of carbonyl (C=O) groups is 1. The van der Waals surface area contributed by atoms with E-state index in [0.29, 0.717) is 13.0 Å². The minimum Gasteiger partial charge on any atom is -0.316 e. The Balaban J connectivity index is 1.65. The second-order valence-corrected chi connectivity index (χ2v) is 5.76. The van der Waals surface area contributed by atoms with Crippen LogP contribution in [0, 0.1) is 6.92 Å². The fourth-order valence-corrected chi connectivity index (χ4v) is 2.96. The highest BCUT2D eigenvalue weighted by Gasteiger charge is 2.12. The van der Waals surface area contributed by atoms with Crippen molar-refractivity contribution >= 4 is 22.2 Å². The topological polar surface area (TPSA) is 72.7 Å². The molecule has 0 aliphatic rings. The third-order valence-electron chi connectivity index (χ3n) is 3.10. The van der Waals surface area contributed by atoms with Gasteiger partial charge < -0.3 is 5.32 Å². The molecule has 0 radical (unpaired) electrons. The van der Waals surface area contributed by atoms with Crippen molar-refractivity contribution < 1.29 is 4.79 Å². The van der Waals surface area contributed by atoms with Gasteiger partial charge in [0.2, 0.25) is 5.91 Å². The summed E-state index contributed by atoms with van der Waals surface area (Å²) in [5, 5.41) is 8.59. The number of hydrogen-bond donors (Lipinski definition) is 1. The van der Waals surface area contributed by atoms with Gasteiger partial charge in [-0.25, -0.2) is 9.97 Å². The van der Waals surface area contributed by atoms with Gasteiger partial charge in [-0.1, -0.05) is 41.7 Å². The maximum Gasteiger partial charge on any atom is 0.226 e. The third-order valence-corrected chi connectivity index (χ3v) is 4.23. The fraction of sp³-hybridized carbons (Fsp3) is 0.200. The Bertz CT molecular complexity index is 752. The van der Waals surface area contributed by atoms with Crippen LogP contribution in [0.3, 0.4) is 0 Å². The number of benzene rings is 1. The Morgan fingerprint density at radius 3 is 2.86 bits per heavy atom. The lowest BCUT2D eigenvalue weighted by atomic mass is 10.2. The first kappa shape index (κ1) is 14.4. The molecule has 0 atom stereocenters. The summed E-state index contributed by atoms with van der Waals surface area (Å²) in [6.45, 7) is 2.41. The Morgan fingerprint density at radius 2 is 2.14 bits per heavy atom. The van der Waals surface area contributed by atoms with Gasteiger partial charge in [0.25, 0.3) is 0 Å². The summed E-state index contributed by atoms with van der Waals surface area (Å²) in [5.41, 5.74) is 1.89. The van der Waals surface area contributed by atoms with Crippen molar-refractivity contribution in [3.63, 3.8) is 0 Å². The fourth-order valence-electron chi connectivity index (χ4n) is 1.97. The minimum atomic E-state index is -0.0538. The monoisotopic (exact) mass is 313 g/mol. The first-order chi connectivity index (χ1) is 10.7. The van der Waals surface area contributed by atoms with Crippen LogP contribution in [0.25, 0.3) is 10.6 Å². The predicted molar refractivity (Wildman–Crippen MR) is 85.6 cm³/mol. The number of thiazole rings is 1. The van der Waals surface area contributed by atoms with E-state index in [9.17, 15) is 4.79 Å². The standard InChI is InChI=1S/C15H15N5OS/c1-11-14(19-13(21)7-8-20-10-16-9-17-20)22-15(18-11)12-5-3-2-4-6-12/h2-6,9-10H,7-8H2,1H3,(H,19,21). The molecule has 3 rings (SSSR count). The number of rotatable bonds is 5. The molecule has 0 saturated heterocycles. The molecule has 0 aliphatic heterocycles. The zero-order chi connectivity index (χ0) is 15.4. The molecule has 1 amide bonds. The number of aromatic nitrogens is 4. The third kappa shape index (κ3) is 3.37. The van der Waals surface area contributed by atoms with Crippen LogP contribution in [0.15, 0.2) is 43.0 Å². The van der Waals surface area contributed by atoms with E-state index in [4.69, 9.17) is 0 Å². The minimum absolute atomic E-state index is 0.0538. The molecule has 3 aromatic rings. The summed E-state index contributed by atoms with van der Waals surface area (Å²) in [5.74, 6) is -0.0538. The van der Waals surface area contributed by atoms with Gasteiger partial charge >= 0.3 is 0 Å². The quantitative estimate of drug-likeness (QED) is 0.786. The molecule has 0 spiro atoms. The van der Waals surface area contributed by atoms with Crippen LogP contribution >= 0.6 is 11.3 Å². The van der Waals surface area contributed by atoms with Crippen LogP contribution in [-0.2, 0) is 11.3 Å². The maximum atomic E-state index is 12.0. The Hall–Kier alpha value is -2.54. The zero-order valence-corrected chi connectivity index (χ0v) is 12.9. The average molecular weight is 313 g/mol. The molecule has 1 aromatic carbocycles. The lowest BCUT2D eigenvalue weighted by Crippen LogP contribution is -2.14. The van der Waals surface area contributed by atoms with Crippen LogP contribution in [0.1, 0.15) is 12.1 Å². The van der Waals surface area contributed by atoms with E-state index in [1.165, 1.54) is 17.7 Å². The lowest BCUT2D eigenvalue weighted by molar-refractivity contribution is -0.116. The summed E-state index contributed by atoms with van der Waals surface area (Å²) < 4.78 is 1.63. The van der Waals surface area contributed by atoms with Gasteiger partial charge in [0.05, 0.1) is 12.2 Å². The van der Waals surface area contributed by atoms with Gasteiger partial charge in [0.1, 0.15) is 22.7 Å². The van der Waals surface area contributed by atoms with Gasteiger partial charge in [-0.2, -0.15) is 5.10 Å². The molecular formula is C15H15N5OS. The highest BCUT2D eigenvalue weighted by atomic mass is 32.1. The van der Waals surface area contributed by atoms with Crippen molar-refractivity contribution in [2.24, 2.45) is 0 Å². The van der Waals surface area contributed by atoms with Crippen LogP contribution in [0.2, 0.25) is 0 Å². The Kier molecular flexibility index (Phi) is 4.24. The number of amides is 1. The highest BCUT2D eigenvalue weighted by Crippen LogP contribution is 2.31. The van der Waals surface area contributed by atoms with Crippen LogP contribution in [0.5, 0.6) is 0 Å². The normalized spacial score (nSPS) is 10.6. The molecular weight excluding hydrogens is 298 g/mol. The van der Waals surface area contributed by atoms with Crippen molar-refractivity contribution in [3.05, 3.63) is 48.7 Å². The molecule has 0 saturated carbocycles. The summed E-state index contributed by atoms with van der Waals surface area (Å²) in [6.07, 6.45) is 3.40. The van der Waals surface area contributed by atoms with Crippen molar-refractivity contribution in [1.29, 1.82) is 0 Å². The molecule has 0 fully saturated rings. The molecule has 1 N–H and O–H groups in total. The molecule has 0 bridgehead atoms. The molecule has 2 heterocycles. The van der Waals surface area contributed by atoms with E-state index < -0.39 is 0 Å². The van der Waals surface area contributed by atoms with Crippen molar-refractivity contribution in [2.75, 3.05) is 5.32 Å². The van der Waals surface area contributed by atoms with E-state index >= 15 is 0 Å². The van der Waals surface area contributed by atoms with E-state index in [-0.39, 0.29) is 5.91 Å². The van der Waals surface area contributed by atoms with Crippen molar-refractivity contribution in [3.8, 4) is 10.6 Å². The summed E-state index contributed by atoms with van der Waals surface area (Å²) >= 11 is 1.49. The van der Waals surface area contributed by atoms with E-state index in [0.717, 1.165) is 21.3 Å². The van der Waals surface area contributed by atoms with E-state index in [1.807, 2.05) is 37.3 Å². The average Bonchev–Trinajstić information content (AvgIpc) is 3.17. The summed E-state index contributed by atoms with van der Waals surface area (Å²) in [6, 6.07) is 9.94. The number of nitrogens with zero attached hydrogens (tertiary/aromatic N) is 4. The van der Waals surface area contributed by atoms with E-state index in [1.54, 1.807) is 11.0 Å². The van der Waals surface area contributed by atoms with Crippen molar-refractivity contribution in [2.45, 2.75) is 19.9 Å². The van der Waals surface area contributed by atoms with Gasteiger partial charge in [0, 0.05) is 12.0 Å². The smallest absolute Gasteiger partial charge is 0.226 e. The highest BCUT2D eigenvalue weighted by molar-refractivity contribution is 7.19. The predicted octanol–water partition coefficient (Wildman–Crippen LogP) is 2.74. The first-order valence-electron chi connectivity index (χ1n) is 6.87. The van der Waals surface area contributed by atoms with E-state index in [2.05, 4.69) is 20.4 Å². The van der Waals surface area contributed by atoms with Crippen LogP contribution < -0.4 is 5.32 Å². The molecule has 22 heavy (non-hydrogen) atoms. The number of aryl methyl sites for hydroxylation is 2. The van der Waals surface area contributed by atoms with Gasteiger partial charge in [-0.3, -0.25) is 9.48 Å². The molecule has 0 unspecified atom stereocenters. The Labute approximate surface area is 131 Å². The number of nitrogens with one attached hydrogen (secondary N) is 1. The molecule has 6 nitrogen and oxygen atoms in total. The number of anilines is 1. The maximum absolute atomic E-state index is 12.0. The SMILES string of the molecule is Cc1nc(-c2ccccc2)sc1NC(=O)CCn1cncn1. The summed E-state index contributed by atoms with van der Waals surface area (Å²) in [7, 11) is 0. The van der Waals surface area contributed by atoms with Gasteiger partial charge in [-0.15, -0.1) is 0 Å². The largest absolute Gasteiger partial charge is 0.316 e. The molecule has 112 valence electrons. The zero-order valence-electron chi connectivity index (χ0n) is 12.1. The number of carbonyl (C=O) groups excluding carboxylic acids is 1. The molecule has 0 aliphatic carbocycles. The van der Waals surface area contributed by atoms with Gasteiger partial charge in [-0.05, 0) is 6.92 Å². The van der Waals surface area contributed by atoms with Crippen molar-refractivity contribution in [1.82, 2.24) is 19.7 Å². The number of hydrogen-bond acceptors (Lipinski definition) is 5.